The highest BCUT2D eigenvalue weighted by Gasteiger charge is 2.09. The number of fused-ring (bicyclic) bond motifs is 1. The summed E-state index contributed by atoms with van der Waals surface area (Å²) in [4.78, 5) is 4.22. The number of halogens is 1. The summed E-state index contributed by atoms with van der Waals surface area (Å²) in [5, 5.41) is 8.62. The summed E-state index contributed by atoms with van der Waals surface area (Å²) in [6.07, 6.45) is 0. The van der Waals surface area contributed by atoms with E-state index in [1.807, 2.05) is 38.1 Å². The zero-order valence-electron chi connectivity index (χ0n) is 11.2. The van der Waals surface area contributed by atoms with Crippen molar-refractivity contribution in [2.75, 3.05) is 5.73 Å². The molecule has 3 aromatic rings. The number of hydrogen-bond acceptors (Lipinski definition) is 4. The summed E-state index contributed by atoms with van der Waals surface area (Å²) in [5.41, 5.74) is 11.2. The molecule has 0 bridgehead atoms. The van der Waals surface area contributed by atoms with E-state index >= 15 is 0 Å². The van der Waals surface area contributed by atoms with E-state index in [2.05, 4.69) is 21.2 Å². The molecule has 0 spiro atoms. The normalized spacial score (nSPS) is 10.9. The molecule has 1 aromatic heterocycles. The quantitative estimate of drug-likeness (QED) is 0.742. The van der Waals surface area contributed by atoms with Crippen molar-refractivity contribution >= 4 is 28.6 Å². The van der Waals surface area contributed by atoms with Crippen molar-refractivity contribution in [1.29, 1.82) is 0 Å². The van der Waals surface area contributed by atoms with Crippen LogP contribution >= 0.6 is 11.6 Å². The van der Waals surface area contributed by atoms with Gasteiger partial charge in [0.2, 0.25) is 5.95 Å². The van der Waals surface area contributed by atoms with Crippen LogP contribution in [0.25, 0.3) is 22.2 Å². The van der Waals surface area contributed by atoms with Gasteiger partial charge in [-0.15, -0.1) is 10.2 Å². The molecular weight excluding hydrogens is 272 g/mol. The van der Waals surface area contributed by atoms with Gasteiger partial charge in [-0.2, -0.15) is 0 Å². The van der Waals surface area contributed by atoms with Crippen molar-refractivity contribution in [3.63, 3.8) is 0 Å². The summed E-state index contributed by atoms with van der Waals surface area (Å²) in [6.45, 7) is 4.01. The van der Waals surface area contributed by atoms with Crippen molar-refractivity contribution in [2.45, 2.75) is 13.8 Å². The number of nitrogen functional groups attached to an aromatic ring is 1. The van der Waals surface area contributed by atoms with E-state index in [4.69, 9.17) is 17.3 Å². The lowest BCUT2D eigenvalue weighted by atomic mass is 10.0. The van der Waals surface area contributed by atoms with Crippen LogP contribution < -0.4 is 5.73 Å². The van der Waals surface area contributed by atoms with Gasteiger partial charge in [0.05, 0.1) is 5.52 Å². The van der Waals surface area contributed by atoms with Gasteiger partial charge >= 0.3 is 0 Å². The molecule has 0 atom stereocenters. The number of anilines is 1. The monoisotopic (exact) mass is 284 g/mol. The van der Waals surface area contributed by atoms with E-state index in [9.17, 15) is 0 Å². The van der Waals surface area contributed by atoms with E-state index in [-0.39, 0.29) is 5.95 Å². The minimum Gasteiger partial charge on any atom is -0.366 e. The molecule has 0 aliphatic rings. The van der Waals surface area contributed by atoms with Gasteiger partial charge in [0, 0.05) is 10.6 Å². The number of nitrogens with two attached hydrogens (primary N) is 1. The van der Waals surface area contributed by atoms with Crippen LogP contribution in [0.5, 0.6) is 0 Å². The Hall–Kier alpha value is -2.20. The minimum atomic E-state index is 0.182. The van der Waals surface area contributed by atoms with Gasteiger partial charge in [-0.25, -0.2) is 4.98 Å². The Morgan fingerprint density at radius 3 is 2.65 bits per heavy atom. The molecular formula is C15H13ClN4. The molecule has 0 saturated carbocycles. The molecule has 20 heavy (non-hydrogen) atoms. The molecule has 5 heteroatoms. The third-order valence-electron chi connectivity index (χ3n) is 3.20. The highest BCUT2D eigenvalue weighted by atomic mass is 35.5. The van der Waals surface area contributed by atoms with Crippen LogP contribution in [0, 0.1) is 13.8 Å². The number of hydrogen-bond donors (Lipinski definition) is 1. The van der Waals surface area contributed by atoms with E-state index < -0.39 is 0 Å². The smallest absolute Gasteiger partial charge is 0.240 e. The summed E-state index contributed by atoms with van der Waals surface area (Å²) in [7, 11) is 0. The average molecular weight is 285 g/mol. The Bertz CT molecular complexity index is 814. The molecule has 0 aliphatic carbocycles. The lowest BCUT2D eigenvalue weighted by Gasteiger charge is -2.09. The first-order valence-electron chi connectivity index (χ1n) is 6.21. The summed E-state index contributed by atoms with van der Waals surface area (Å²) in [5.74, 6) is 0.182. The summed E-state index contributed by atoms with van der Waals surface area (Å²) >= 11 is 6.29. The van der Waals surface area contributed by atoms with Crippen LogP contribution in [0.4, 0.5) is 5.95 Å². The first-order chi connectivity index (χ1) is 9.54. The fraction of sp³-hybridized carbons (Fsp3) is 0.133. The number of aromatic nitrogens is 3. The maximum absolute atomic E-state index is 6.29. The molecule has 3 rings (SSSR count). The average Bonchev–Trinajstić information content (AvgIpc) is 2.42. The largest absolute Gasteiger partial charge is 0.366 e. The summed E-state index contributed by atoms with van der Waals surface area (Å²) < 4.78 is 0. The van der Waals surface area contributed by atoms with Crippen LogP contribution in [0.2, 0.25) is 5.02 Å². The predicted molar refractivity (Wildman–Crippen MR) is 81.7 cm³/mol. The van der Waals surface area contributed by atoms with E-state index in [1.165, 1.54) is 0 Å². The molecule has 4 nitrogen and oxygen atoms in total. The number of rotatable bonds is 1. The van der Waals surface area contributed by atoms with Crippen LogP contribution in [-0.2, 0) is 0 Å². The van der Waals surface area contributed by atoms with Crippen LogP contribution in [0.1, 0.15) is 11.1 Å². The molecule has 2 aromatic carbocycles. The molecule has 0 saturated heterocycles. The Labute approximate surface area is 121 Å². The highest BCUT2D eigenvalue weighted by molar-refractivity contribution is 6.33. The maximum Gasteiger partial charge on any atom is 0.240 e. The van der Waals surface area contributed by atoms with Crippen molar-refractivity contribution < 1.29 is 0 Å². The zero-order chi connectivity index (χ0) is 14.3. The van der Waals surface area contributed by atoms with E-state index in [1.54, 1.807) is 0 Å². The standard InChI is InChI=1S/C15H13ClN4/c1-8-3-4-12(16)11(5-8)10-6-9(2)14-13(7-10)19-20-15(17)18-14/h3-7H,1-2H3,(H2,17,18,20). The Morgan fingerprint density at radius 1 is 1.05 bits per heavy atom. The molecule has 2 N–H and O–H groups in total. The zero-order valence-corrected chi connectivity index (χ0v) is 11.9. The molecule has 100 valence electrons. The molecule has 0 radical (unpaired) electrons. The van der Waals surface area contributed by atoms with Crippen LogP contribution in [0.15, 0.2) is 30.3 Å². The first kappa shape index (κ1) is 12.8. The fourth-order valence-electron chi connectivity index (χ4n) is 2.24. The minimum absolute atomic E-state index is 0.182. The highest BCUT2D eigenvalue weighted by Crippen LogP contribution is 2.31. The van der Waals surface area contributed by atoms with Gasteiger partial charge in [0.1, 0.15) is 5.52 Å². The van der Waals surface area contributed by atoms with E-state index in [0.717, 1.165) is 27.8 Å². The molecule has 0 fully saturated rings. The van der Waals surface area contributed by atoms with Crippen LogP contribution in [-0.4, -0.2) is 15.2 Å². The third kappa shape index (κ3) is 2.18. The van der Waals surface area contributed by atoms with Crippen molar-refractivity contribution in [1.82, 2.24) is 15.2 Å². The van der Waals surface area contributed by atoms with Gasteiger partial charge in [-0.1, -0.05) is 23.2 Å². The third-order valence-corrected chi connectivity index (χ3v) is 3.53. The van der Waals surface area contributed by atoms with Crippen molar-refractivity contribution in [3.05, 3.63) is 46.5 Å². The van der Waals surface area contributed by atoms with Crippen molar-refractivity contribution in [3.8, 4) is 11.1 Å². The van der Waals surface area contributed by atoms with Gasteiger partial charge in [-0.3, -0.25) is 0 Å². The number of aryl methyl sites for hydroxylation is 2. The molecule has 1 heterocycles. The van der Waals surface area contributed by atoms with Crippen molar-refractivity contribution in [2.24, 2.45) is 0 Å². The Kier molecular flexibility index (Phi) is 3.03. The SMILES string of the molecule is Cc1ccc(Cl)c(-c2cc(C)c3nc(N)nnc3c2)c1. The topological polar surface area (TPSA) is 64.7 Å². The summed E-state index contributed by atoms with van der Waals surface area (Å²) in [6, 6.07) is 9.92. The van der Waals surface area contributed by atoms with Gasteiger partial charge < -0.3 is 5.73 Å². The predicted octanol–water partition coefficient (Wildman–Crippen LogP) is 3.54. The van der Waals surface area contributed by atoms with E-state index in [0.29, 0.717) is 10.5 Å². The maximum atomic E-state index is 6.29. The second kappa shape index (κ2) is 4.72. The lowest BCUT2D eigenvalue weighted by Crippen LogP contribution is -1.99. The molecule has 0 unspecified atom stereocenters. The second-order valence-corrected chi connectivity index (χ2v) is 5.22. The Morgan fingerprint density at radius 2 is 1.85 bits per heavy atom. The molecule has 0 amide bonds. The lowest BCUT2D eigenvalue weighted by molar-refractivity contribution is 1.04. The first-order valence-corrected chi connectivity index (χ1v) is 6.59. The van der Waals surface area contributed by atoms with Gasteiger partial charge in [0.15, 0.2) is 0 Å². The number of nitrogens with zero attached hydrogens (tertiary/aromatic N) is 3. The van der Waals surface area contributed by atoms with Gasteiger partial charge in [-0.05, 0) is 49.2 Å². The van der Waals surface area contributed by atoms with Crippen LogP contribution in [0.3, 0.4) is 0 Å². The fourth-order valence-corrected chi connectivity index (χ4v) is 2.47. The number of benzene rings is 2. The van der Waals surface area contributed by atoms with Gasteiger partial charge in [0.25, 0.3) is 0 Å². The Balaban J connectivity index is 2.27. The molecule has 0 aliphatic heterocycles. The second-order valence-electron chi connectivity index (χ2n) is 4.81.